The van der Waals surface area contributed by atoms with Crippen molar-refractivity contribution in [3.63, 3.8) is 0 Å². The summed E-state index contributed by atoms with van der Waals surface area (Å²) in [5.74, 6) is 0.410. The first-order valence-corrected chi connectivity index (χ1v) is 6.61. The van der Waals surface area contributed by atoms with E-state index in [0.29, 0.717) is 12.3 Å². The summed E-state index contributed by atoms with van der Waals surface area (Å²) in [6.07, 6.45) is 8.45. The van der Waals surface area contributed by atoms with E-state index in [0.717, 1.165) is 24.2 Å². The highest BCUT2D eigenvalue weighted by Gasteiger charge is 2.14. The average molecular weight is 269 g/mol. The fourth-order valence-electron chi connectivity index (χ4n) is 2.32. The van der Waals surface area contributed by atoms with Crippen LogP contribution in [0, 0.1) is 5.92 Å². The van der Waals surface area contributed by atoms with Crippen LogP contribution in [0.25, 0.3) is 5.69 Å². The van der Waals surface area contributed by atoms with E-state index in [1.165, 1.54) is 6.33 Å². The van der Waals surface area contributed by atoms with Crippen LogP contribution in [0.1, 0.15) is 19.3 Å². The number of tetrazole rings is 1. The van der Waals surface area contributed by atoms with E-state index in [9.17, 15) is 4.79 Å². The smallest absolute Gasteiger partial charge is 0.224 e. The molecule has 0 saturated carbocycles. The Labute approximate surface area is 116 Å². The van der Waals surface area contributed by atoms with Crippen molar-refractivity contribution in [2.24, 2.45) is 5.92 Å². The van der Waals surface area contributed by atoms with E-state index in [-0.39, 0.29) is 5.91 Å². The molecule has 0 radical (unpaired) electrons. The SMILES string of the molecule is O=C(C[C@H]1C=CCC1)Nc1cccc(-n2cnnn2)c1. The van der Waals surface area contributed by atoms with Gasteiger partial charge in [-0.25, -0.2) is 4.68 Å². The Hall–Kier alpha value is -2.50. The normalized spacial score (nSPS) is 17.3. The van der Waals surface area contributed by atoms with Crippen LogP contribution in [0.15, 0.2) is 42.7 Å². The molecule has 1 aromatic heterocycles. The third kappa shape index (κ3) is 2.90. The molecule has 1 aliphatic rings. The maximum Gasteiger partial charge on any atom is 0.224 e. The molecule has 1 N–H and O–H groups in total. The molecule has 0 bridgehead atoms. The summed E-state index contributed by atoms with van der Waals surface area (Å²) in [5.41, 5.74) is 1.57. The number of aromatic nitrogens is 4. The van der Waals surface area contributed by atoms with Crippen LogP contribution in [-0.4, -0.2) is 26.1 Å². The Kier molecular flexibility index (Phi) is 3.54. The van der Waals surface area contributed by atoms with Crippen LogP contribution >= 0.6 is 0 Å². The monoisotopic (exact) mass is 269 g/mol. The standard InChI is InChI=1S/C14H15N5O/c20-14(8-11-4-1-2-5-11)16-12-6-3-7-13(9-12)19-10-15-17-18-19/h1,3-4,6-7,9-11H,2,5,8H2,(H,16,20)/t11-/m0/s1. The van der Waals surface area contributed by atoms with Crippen LogP contribution in [-0.2, 0) is 4.79 Å². The van der Waals surface area contributed by atoms with Crippen LogP contribution in [0.5, 0.6) is 0 Å². The molecule has 1 heterocycles. The Morgan fingerprint density at radius 2 is 2.40 bits per heavy atom. The second-order valence-electron chi connectivity index (χ2n) is 4.82. The Balaban J connectivity index is 1.66. The molecule has 0 aliphatic heterocycles. The topological polar surface area (TPSA) is 72.7 Å². The molecule has 6 nitrogen and oxygen atoms in total. The van der Waals surface area contributed by atoms with Gasteiger partial charge in [-0.05, 0) is 47.4 Å². The number of nitrogens with one attached hydrogen (secondary N) is 1. The van der Waals surface area contributed by atoms with E-state index < -0.39 is 0 Å². The third-order valence-electron chi connectivity index (χ3n) is 3.30. The highest BCUT2D eigenvalue weighted by molar-refractivity contribution is 5.91. The van der Waals surface area contributed by atoms with Crippen molar-refractivity contribution in [1.82, 2.24) is 20.2 Å². The lowest BCUT2D eigenvalue weighted by Gasteiger charge is -2.09. The van der Waals surface area contributed by atoms with Crippen molar-refractivity contribution < 1.29 is 4.79 Å². The maximum atomic E-state index is 12.0. The lowest BCUT2D eigenvalue weighted by Crippen LogP contribution is -2.15. The largest absolute Gasteiger partial charge is 0.326 e. The number of hydrogen-bond donors (Lipinski definition) is 1. The van der Waals surface area contributed by atoms with Gasteiger partial charge in [0.1, 0.15) is 6.33 Å². The van der Waals surface area contributed by atoms with Crippen molar-refractivity contribution in [3.05, 3.63) is 42.7 Å². The minimum Gasteiger partial charge on any atom is -0.326 e. The molecule has 3 rings (SSSR count). The second-order valence-corrected chi connectivity index (χ2v) is 4.82. The van der Waals surface area contributed by atoms with Gasteiger partial charge in [-0.1, -0.05) is 18.2 Å². The van der Waals surface area contributed by atoms with Gasteiger partial charge in [0.05, 0.1) is 5.69 Å². The van der Waals surface area contributed by atoms with Crippen molar-refractivity contribution in [2.45, 2.75) is 19.3 Å². The number of amides is 1. The minimum absolute atomic E-state index is 0.0374. The van der Waals surface area contributed by atoms with Gasteiger partial charge in [0.25, 0.3) is 0 Å². The number of carbonyl (C=O) groups is 1. The molecule has 1 aromatic carbocycles. The van der Waals surface area contributed by atoms with Crippen molar-refractivity contribution in [2.75, 3.05) is 5.32 Å². The summed E-state index contributed by atoms with van der Waals surface area (Å²) in [5, 5.41) is 13.9. The molecular weight excluding hydrogens is 254 g/mol. The molecule has 0 unspecified atom stereocenters. The Morgan fingerprint density at radius 3 is 3.15 bits per heavy atom. The summed E-state index contributed by atoms with van der Waals surface area (Å²) in [4.78, 5) is 12.0. The minimum atomic E-state index is 0.0374. The summed E-state index contributed by atoms with van der Waals surface area (Å²) in [7, 11) is 0. The number of nitrogens with zero attached hydrogens (tertiary/aromatic N) is 4. The Bertz CT molecular complexity index is 620. The first-order chi connectivity index (χ1) is 9.81. The van der Waals surface area contributed by atoms with Crippen molar-refractivity contribution >= 4 is 11.6 Å². The van der Waals surface area contributed by atoms with E-state index in [1.807, 2.05) is 24.3 Å². The zero-order valence-electron chi connectivity index (χ0n) is 10.9. The molecular formula is C14H15N5O. The summed E-state index contributed by atoms with van der Waals surface area (Å²) in [6, 6.07) is 7.45. The van der Waals surface area contributed by atoms with Crippen LogP contribution in [0.3, 0.4) is 0 Å². The predicted octanol–water partition coefficient (Wildman–Crippen LogP) is 1.96. The van der Waals surface area contributed by atoms with Gasteiger partial charge in [-0.3, -0.25) is 4.79 Å². The van der Waals surface area contributed by atoms with Crippen LogP contribution < -0.4 is 5.32 Å². The number of rotatable bonds is 4. The van der Waals surface area contributed by atoms with Gasteiger partial charge in [0, 0.05) is 12.1 Å². The second kappa shape index (κ2) is 5.64. The summed E-state index contributed by atoms with van der Waals surface area (Å²) in [6.45, 7) is 0. The van der Waals surface area contributed by atoms with Crippen LogP contribution in [0.4, 0.5) is 5.69 Å². The number of hydrogen-bond acceptors (Lipinski definition) is 4. The van der Waals surface area contributed by atoms with E-state index in [2.05, 4.69) is 33.0 Å². The lowest BCUT2D eigenvalue weighted by molar-refractivity contribution is -0.116. The van der Waals surface area contributed by atoms with Gasteiger partial charge in [0.15, 0.2) is 0 Å². The van der Waals surface area contributed by atoms with E-state index in [4.69, 9.17) is 0 Å². The van der Waals surface area contributed by atoms with Gasteiger partial charge in [0.2, 0.25) is 5.91 Å². The zero-order chi connectivity index (χ0) is 13.8. The molecule has 0 saturated heterocycles. The van der Waals surface area contributed by atoms with Crippen molar-refractivity contribution in [3.8, 4) is 5.69 Å². The predicted molar refractivity (Wildman–Crippen MR) is 74.3 cm³/mol. The number of benzene rings is 1. The third-order valence-corrected chi connectivity index (χ3v) is 3.30. The molecule has 6 heteroatoms. The van der Waals surface area contributed by atoms with Crippen molar-refractivity contribution in [1.29, 1.82) is 0 Å². The first kappa shape index (κ1) is 12.5. The van der Waals surface area contributed by atoms with E-state index in [1.54, 1.807) is 4.68 Å². The molecule has 2 aromatic rings. The lowest BCUT2D eigenvalue weighted by atomic mass is 10.1. The average Bonchev–Trinajstić information content (AvgIpc) is 3.11. The van der Waals surface area contributed by atoms with Gasteiger partial charge in [-0.15, -0.1) is 5.10 Å². The molecule has 20 heavy (non-hydrogen) atoms. The summed E-state index contributed by atoms with van der Waals surface area (Å²) < 4.78 is 1.55. The quantitative estimate of drug-likeness (QED) is 0.861. The number of anilines is 1. The van der Waals surface area contributed by atoms with Crippen LogP contribution in [0.2, 0.25) is 0 Å². The zero-order valence-corrected chi connectivity index (χ0v) is 10.9. The highest BCUT2D eigenvalue weighted by Crippen LogP contribution is 2.21. The van der Waals surface area contributed by atoms with Gasteiger partial charge in [-0.2, -0.15) is 0 Å². The summed E-state index contributed by atoms with van der Waals surface area (Å²) >= 11 is 0. The molecule has 0 fully saturated rings. The number of allylic oxidation sites excluding steroid dienone is 2. The molecule has 1 amide bonds. The molecule has 102 valence electrons. The number of carbonyl (C=O) groups excluding carboxylic acids is 1. The Morgan fingerprint density at radius 1 is 1.45 bits per heavy atom. The maximum absolute atomic E-state index is 12.0. The molecule has 1 aliphatic carbocycles. The van der Waals surface area contributed by atoms with Gasteiger partial charge < -0.3 is 5.32 Å². The highest BCUT2D eigenvalue weighted by atomic mass is 16.1. The first-order valence-electron chi connectivity index (χ1n) is 6.61. The fourth-order valence-corrected chi connectivity index (χ4v) is 2.32. The fraction of sp³-hybridized carbons (Fsp3) is 0.286. The molecule has 0 spiro atoms. The van der Waals surface area contributed by atoms with Gasteiger partial charge >= 0.3 is 0 Å². The van der Waals surface area contributed by atoms with E-state index >= 15 is 0 Å². The molecule has 1 atom stereocenters.